The number of halogens is 1. The van der Waals surface area contributed by atoms with Crippen LogP contribution in [0, 0.1) is 18.7 Å². The van der Waals surface area contributed by atoms with Crippen LogP contribution in [0.1, 0.15) is 65.5 Å². The molecular formula is C21H32FNO4. The normalized spacial score (nSPS) is 15.0. The minimum absolute atomic E-state index is 0.121. The summed E-state index contributed by atoms with van der Waals surface area (Å²) in [4.78, 5) is 24.6. The number of carbonyl (C=O) groups excluding carboxylic acids is 2. The zero-order chi connectivity index (χ0) is 20.9. The molecule has 0 bridgehead atoms. The Morgan fingerprint density at radius 2 is 1.70 bits per heavy atom. The van der Waals surface area contributed by atoms with E-state index in [0.29, 0.717) is 0 Å². The Labute approximate surface area is 161 Å². The first kappa shape index (κ1) is 22.9. The van der Waals surface area contributed by atoms with Crippen molar-refractivity contribution < 1.29 is 23.5 Å². The molecule has 0 fully saturated rings. The fourth-order valence-corrected chi connectivity index (χ4v) is 2.69. The zero-order valence-electron chi connectivity index (χ0n) is 17.6. The number of nitrogens with one attached hydrogen (secondary N) is 1. The SMILES string of the molecule is Cc1cc(F)ccc1[C@H](C)[C@H](C)OC(=O)[C@@H](NC(=O)OC(C)(C)C)C(C)C. The summed E-state index contributed by atoms with van der Waals surface area (Å²) in [5.41, 5.74) is 1.06. The van der Waals surface area contributed by atoms with Crippen LogP contribution in [0.5, 0.6) is 0 Å². The van der Waals surface area contributed by atoms with Crippen molar-refractivity contribution in [2.45, 2.75) is 79.1 Å². The summed E-state index contributed by atoms with van der Waals surface area (Å²) < 4.78 is 24.1. The summed E-state index contributed by atoms with van der Waals surface area (Å²) in [6.45, 7) is 14.4. The molecule has 5 nitrogen and oxygen atoms in total. The number of amides is 1. The van der Waals surface area contributed by atoms with Crippen molar-refractivity contribution in [2.24, 2.45) is 5.92 Å². The first-order valence-electron chi connectivity index (χ1n) is 9.28. The van der Waals surface area contributed by atoms with Gasteiger partial charge in [-0.05, 0) is 63.8 Å². The Hall–Kier alpha value is -2.11. The van der Waals surface area contributed by atoms with Crippen molar-refractivity contribution in [3.63, 3.8) is 0 Å². The lowest BCUT2D eigenvalue weighted by Crippen LogP contribution is -2.48. The van der Waals surface area contributed by atoms with Gasteiger partial charge in [-0.3, -0.25) is 0 Å². The summed E-state index contributed by atoms with van der Waals surface area (Å²) in [7, 11) is 0. The van der Waals surface area contributed by atoms with E-state index in [-0.39, 0.29) is 17.7 Å². The van der Waals surface area contributed by atoms with Gasteiger partial charge in [-0.1, -0.05) is 26.8 Å². The molecule has 0 saturated carbocycles. The monoisotopic (exact) mass is 381 g/mol. The summed E-state index contributed by atoms with van der Waals surface area (Å²) >= 11 is 0. The number of rotatable bonds is 6. The average Bonchev–Trinajstić information content (AvgIpc) is 2.49. The topological polar surface area (TPSA) is 64.6 Å². The molecule has 0 aliphatic heterocycles. The van der Waals surface area contributed by atoms with Crippen molar-refractivity contribution in [3.8, 4) is 0 Å². The Morgan fingerprint density at radius 3 is 2.19 bits per heavy atom. The molecule has 3 atom stereocenters. The van der Waals surface area contributed by atoms with Gasteiger partial charge in [0.2, 0.25) is 0 Å². The van der Waals surface area contributed by atoms with E-state index < -0.39 is 29.8 Å². The van der Waals surface area contributed by atoms with Gasteiger partial charge in [0.1, 0.15) is 23.6 Å². The summed E-state index contributed by atoms with van der Waals surface area (Å²) in [5.74, 6) is -1.10. The van der Waals surface area contributed by atoms with Crippen LogP contribution >= 0.6 is 0 Å². The molecule has 0 aliphatic carbocycles. The van der Waals surface area contributed by atoms with Crippen LogP contribution in [0.3, 0.4) is 0 Å². The highest BCUT2D eigenvalue weighted by molar-refractivity contribution is 5.81. The Balaban J connectivity index is 2.81. The smallest absolute Gasteiger partial charge is 0.408 e. The molecule has 1 rings (SSSR count). The van der Waals surface area contributed by atoms with Crippen LogP contribution < -0.4 is 5.32 Å². The van der Waals surface area contributed by atoms with Crippen LogP contribution in [-0.2, 0) is 14.3 Å². The van der Waals surface area contributed by atoms with Crippen LogP contribution in [0.4, 0.5) is 9.18 Å². The maximum Gasteiger partial charge on any atom is 0.408 e. The average molecular weight is 381 g/mol. The van der Waals surface area contributed by atoms with E-state index in [2.05, 4.69) is 5.32 Å². The van der Waals surface area contributed by atoms with Gasteiger partial charge in [-0.25, -0.2) is 14.0 Å². The predicted octanol–water partition coefficient (Wildman–Crippen LogP) is 4.72. The van der Waals surface area contributed by atoms with Crippen LogP contribution in [0.2, 0.25) is 0 Å². The first-order valence-corrected chi connectivity index (χ1v) is 9.28. The van der Waals surface area contributed by atoms with Gasteiger partial charge in [-0.2, -0.15) is 0 Å². The van der Waals surface area contributed by atoms with Gasteiger partial charge in [0.25, 0.3) is 0 Å². The second-order valence-electron chi connectivity index (χ2n) is 8.30. The second-order valence-corrected chi connectivity index (χ2v) is 8.30. The summed E-state index contributed by atoms with van der Waals surface area (Å²) in [6.07, 6.45) is -1.10. The third kappa shape index (κ3) is 7.19. The van der Waals surface area contributed by atoms with Crippen LogP contribution in [0.15, 0.2) is 18.2 Å². The fraction of sp³-hybridized carbons (Fsp3) is 0.619. The molecule has 0 aromatic heterocycles. The second kappa shape index (κ2) is 9.20. The highest BCUT2D eigenvalue weighted by Crippen LogP contribution is 2.25. The minimum Gasteiger partial charge on any atom is -0.460 e. The molecule has 0 heterocycles. The molecule has 1 N–H and O–H groups in total. The van der Waals surface area contributed by atoms with Crippen LogP contribution in [0.25, 0.3) is 0 Å². The lowest BCUT2D eigenvalue weighted by atomic mass is 9.92. The highest BCUT2D eigenvalue weighted by atomic mass is 19.1. The molecule has 1 aromatic rings. The number of carbonyl (C=O) groups is 2. The largest absolute Gasteiger partial charge is 0.460 e. The predicted molar refractivity (Wildman–Crippen MR) is 103 cm³/mol. The summed E-state index contributed by atoms with van der Waals surface area (Å²) in [6, 6.07) is 3.75. The molecular weight excluding hydrogens is 349 g/mol. The van der Waals surface area contributed by atoms with Crippen molar-refractivity contribution >= 4 is 12.1 Å². The van der Waals surface area contributed by atoms with E-state index in [9.17, 15) is 14.0 Å². The van der Waals surface area contributed by atoms with Gasteiger partial charge in [0.05, 0.1) is 0 Å². The molecule has 6 heteroatoms. The Morgan fingerprint density at radius 1 is 1.11 bits per heavy atom. The van der Waals surface area contributed by atoms with Crippen LogP contribution in [-0.4, -0.2) is 29.8 Å². The Kier molecular flexibility index (Phi) is 7.81. The number of benzene rings is 1. The maximum absolute atomic E-state index is 13.3. The van der Waals surface area contributed by atoms with Crippen molar-refractivity contribution in [1.29, 1.82) is 0 Å². The molecule has 1 aromatic carbocycles. The van der Waals surface area contributed by atoms with E-state index in [1.807, 2.05) is 27.7 Å². The number of aryl methyl sites for hydroxylation is 1. The number of esters is 1. The van der Waals surface area contributed by atoms with E-state index >= 15 is 0 Å². The number of ether oxygens (including phenoxy) is 2. The lowest BCUT2D eigenvalue weighted by molar-refractivity contribution is -0.153. The quantitative estimate of drug-likeness (QED) is 0.724. The van der Waals surface area contributed by atoms with Gasteiger partial charge in [-0.15, -0.1) is 0 Å². The molecule has 0 aliphatic rings. The zero-order valence-corrected chi connectivity index (χ0v) is 17.6. The van der Waals surface area contributed by atoms with Gasteiger partial charge < -0.3 is 14.8 Å². The van der Waals surface area contributed by atoms with E-state index in [4.69, 9.17) is 9.47 Å². The molecule has 0 saturated heterocycles. The van der Waals surface area contributed by atoms with Gasteiger partial charge in [0, 0.05) is 5.92 Å². The number of hydrogen-bond acceptors (Lipinski definition) is 4. The van der Waals surface area contributed by atoms with E-state index in [1.54, 1.807) is 33.8 Å². The molecule has 27 heavy (non-hydrogen) atoms. The van der Waals surface area contributed by atoms with Gasteiger partial charge in [0.15, 0.2) is 0 Å². The molecule has 1 amide bonds. The molecule has 0 spiro atoms. The molecule has 0 radical (unpaired) electrons. The third-order valence-corrected chi connectivity index (χ3v) is 4.32. The highest BCUT2D eigenvalue weighted by Gasteiger charge is 2.30. The standard InChI is InChI=1S/C21H32FNO4/c1-12(2)18(23-20(25)27-21(6,7)8)19(24)26-15(5)14(4)17-10-9-16(22)11-13(17)3/h9-12,14-15,18H,1-8H3,(H,23,25)/t14-,15+,18+/m1/s1. The minimum atomic E-state index is -0.816. The van der Waals surface area contributed by atoms with E-state index in [1.165, 1.54) is 12.1 Å². The first-order chi connectivity index (χ1) is 12.3. The lowest BCUT2D eigenvalue weighted by Gasteiger charge is -2.27. The fourth-order valence-electron chi connectivity index (χ4n) is 2.69. The summed E-state index contributed by atoms with van der Waals surface area (Å²) in [5, 5.41) is 2.59. The van der Waals surface area contributed by atoms with Gasteiger partial charge >= 0.3 is 12.1 Å². The molecule has 0 unspecified atom stereocenters. The molecule has 152 valence electrons. The third-order valence-electron chi connectivity index (χ3n) is 4.32. The Bertz CT molecular complexity index is 667. The maximum atomic E-state index is 13.3. The number of hydrogen-bond donors (Lipinski definition) is 1. The van der Waals surface area contributed by atoms with Crippen molar-refractivity contribution in [2.75, 3.05) is 0 Å². The van der Waals surface area contributed by atoms with E-state index in [0.717, 1.165) is 11.1 Å². The van der Waals surface area contributed by atoms with Crippen molar-refractivity contribution in [1.82, 2.24) is 5.32 Å². The van der Waals surface area contributed by atoms with Crippen molar-refractivity contribution in [3.05, 3.63) is 35.1 Å². The number of alkyl carbamates (subject to hydrolysis) is 1.